The van der Waals surface area contributed by atoms with Crippen LogP contribution in [-0.2, 0) is 12.7 Å². The second-order valence-electron chi connectivity index (χ2n) is 8.37. The number of benzene rings is 1. The lowest BCUT2D eigenvalue weighted by molar-refractivity contribution is -0.140. The molecule has 2 fully saturated rings. The molecule has 0 atom stereocenters. The van der Waals surface area contributed by atoms with E-state index >= 15 is 0 Å². The third-order valence-corrected chi connectivity index (χ3v) is 6.95. The summed E-state index contributed by atoms with van der Waals surface area (Å²) < 4.78 is 72.9. The highest BCUT2D eigenvalue weighted by atomic mass is 32.1. The van der Waals surface area contributed by atoms with E-state index in [9.17, 15) is 22.0 Å². The van der Waals surface area contributed by atoms with Gasteiger partial charge in [0, 0.05) is 18.5 Å². The number of thiazole rings is 1. The van der Waals surface area contributed by atoms with Crippen molar-refractivity contribution < 1.29 is 26.7 Å². The van der Waals surface area contributed by atoms with Gasteiger partial charge in [0.25, 0.3) is 0 Å². The molecule has 2 aromatic rings. The Morgan fingerprint density at radius 1 is 1.00 bits per heavy atom. The Morgan fingerprint density at radius 2 is 1.65 bits per heavy atom. The van der Waals surface area contributed by atoms with Crippen LogP contribution in [0, 0.1) is 11.6 Å². The Balaban J connectivity index is 1.32. The van der Waals surface area contributed by atoms with Crippen molar-refractivity contribution in [3.8, 4) is 5.75 Å². The highest BCUT2D eigenvalue weighted by molar-refractivity contribution is 7.09. The van der Waals surface area contributed by atoms with E-state index < -0.39 is 23.5 Å². The van der Waals surface area contributed by atoms with E-state index in [0.29, 0.717) is 43.0 Å². The molecule has 1 aliphatic carbocycles. The maximum atomic E-state index is 14.6. The second-order valence-corrected chi connectivity index (χ2v) is 9.31. The van der Waals surface area contributed by atoms with Gasteiger partial charge in [0.2, 0.25) is 0 Å². The van der Waals surface area contributed by atoms with Crippen molar-refractivity contribution >= 4 is 11.3 Å². The fourth-order valence-electron chi connectivity index (χ4n) is 4.42. The lowest BCUT2D eigenvalue weighted by atomic mass is 9.84. The normalized spacial score (nSPS) is 19.6. The second kappa shape index (κ2) is 9.40. The van der Waals surface area contributed by atoms with Gasteiger partial charge in [-0.2, -0.15) is 13.2 Å². The van der Waals surface area contributed by atoms with Gasteiger partial charge < -0.3 is 4.74 Å². The molecule has 0 unspecified atom stereocenters. The Hall–Kier alpha value is -1.74. The van der Waals surface area contributed by atoms with Crippen LogP contribution in [0.4, 0.5) is 22.0 Å². The highest BCUT2D eigenvalue weighted by Crippen LogP contribution is 2.36. The van der Waals surface area contributed by atoms with Crippen molar-refractivity contribution in [3.63, 3.8) is 0 Å². The van der Waals surface area contributed by atoms with Crippen LogP contribution in [0.2, 0.25) is 0 Å². The van der Waals surface area contributed by atoms with Gasteiger partial charge >= 0.3 is 6.18 Å². The number of hydrogen-bond acceptors (Lipinski definition) is 4. The molecule has 170 valence electrons. The standard InChI is InChI=1S/C22H25F5N2OS/c23-17-10-15(14-4-2-1-3-5-14)11-18(24)21(17)30-16-6-8-29(9-7-16)12-20-28-19(13-31-20)22(25,26)27/h10-11,13-14,16H,1-9,12H2. The maximum Gasteiger partial charge on any atom is 0.434 e. The molecule has 4 rings (SSSR count). The van der Waals surface area contributed by atoms with Crippen LogP contribution < -0.4 is 4.74 Å². The molecular weight excluding hydrogens is 435 g/mol. The van der Waals surface area contributed by atoms with Crippen LogP contribution in [0.15, 0.2) is 17.5 Å². The fourth-order valence-corrected chi connectivity index (χ4v) is 5.26. The molecule has 9 heteroatoms. The zero-order valence-electron chi connectivity index (χ0n) is 17.1. The molecule has 31 heavy (non-hydrogen) atoms. The van der Waals surface area contributed by atoms with E-state index in [4.69, 9.17) is 4.74 Å². The molecule has 0 amide bonds. The summed E-state index contributed by atoms with van der Waals surface area (Å²) in [4.78, 5) is 5.64. The Labute approximate surface area is 182 Å². The average molecular weight is 461 g/mol. The van der Waals surface area contributed by atoms with Crippen LogP contribution in [0.5, 0.6) is 5.75 Å². The number of ether oxygens (including phenoxy) is 1. The Kier molecular flexibility index (Phi) is 6.81. The first-order valence-corrected chi connectivity index (χ1v) is 11.6. The zero-order chi connectivity index (χ0) is 22.0. The molecule has 1 aliphatic heterocycles. The molecule has 2 heterocycles. The van der Waals surface area contributed by atoms with Crippen molar-refractivity contribution in [2.75, 3.05) is 13.1 Å². The molecule has 1 aromatic carbocycles. The van der Waals surface area contributed by atoms with E-state index in [0.717, 1.165) is 42.4 Å². The van der Waals surface area contributed by atoms with Gasteiger partial charge in [-0.05, 0) is 49.3 Å². The maximum absolute atomic E-state index is 14.6. The number of aromatic nitrogens is 1. The van der Waals surface area contributed by atoms with Crippen LogP contribution in [0.25, 0.3) is 0 Å². The van der Waals surface area contributed by atoms with E-state index in [1.165, 1.54) is 18.6 Å². The topological polar surface area (TPSA) is 25.4 Å². The Morgan fingerprint density at radius 3 is 2.23 bits per heavy atom. The highest BCUT2D eigenvalue weighted by Gasteiger charge is 2.34. The van der Waals surface area contributed by atoms with Crippen LogP contribution in [-0.4, -0.2) is 29.1 Å². The van der Waals surface area contributed by atoms with Gasteiger partial charge in [-0.1, -0.05) is 19.3 Å². The van der Waals surface area contributed by atoms with Gasteiger partial charge in [0.05, 0.1) is 6.54 Å². The third-order valence-electron chi connectivity index (χ3n) is 6.12. The van der Waals surface area contributed by atoms with Crippen molar-refractivity contribution in [2.24, 2.45) is 0 Å². The van der Waals surface area contributed by atoms with E-state index in [-0.39, 0.29) is 17.8 Å². The number of likely N-dealkylation sites (tertiary alicyclic amines) is 1. The molecule has 0 N–H and O–H groups in total. The quantitative estimate of drug-likeness (QED) is 0.475. The van der Waals surface area contributed by atoms with Crippen LogP contribution in [0.3, 0.4) is 0 Å². The lowest BCUT2D eigenvalue weighted by Crippen LogP contribution is -2.38. The summed E-state index contributed by atoms with van der Waals surface area (Å²) in [5, 5.41) is 1.43. The number of rotatable bonds is 5. The van der Waals surface area contributed by atoms with Gasteiger partial charge in [-0.15, -0.1) is 11.3 Å². The molecule has 1 aromatic heterocycles. The van der Waals surface area contributed by atoms with Crippen molar-refractivity contribution in [2.45, 2.75) is 69.7 Å². The lowest BCUT2D eigenvalue weighted by Gasteiger charge is -2.31. The molecule has 1 saturated heterocycles. The van der Waals surface area contributed by atoms with Crippen molar-refractivity contribution in [3.05, 3.63) is 45.4 Å². The third kappa shape index (κ3) is 5.55. The van der Waals surface area contributed by atoms with E-state index in [2.05, 4.69) is 4.98 Å². The first kappa shape index (κ1) is 22.5. The summed E-state index contributed by atoms with van der Waals surface area (Å²) in [6.45, 7) is 1.45. The van der Waals surface area contributed by atoms with Gasteiger partial charge in [0.15, 0.2) is 23.1 Å². The summed E-state index contributed by atoms with van der Waals surface area (Å²) in [5.41, 5.74) is -0.160. The number of nitrogens with zero attached hydrogens (tertiary/aromatic N) is 2. The summed E-state index contributed by atoms with van der Waals surface area (Å²) in [6, 6.07) is 2.81. The Bertz CT molecular complexity index is 863. The first-order chi connectivity index (χ1) is 14.8. The zero-order valence-corrected chi connectivity index (χ0v) is 17.9. The number of halogens is 5. The van der Waals surface area contributed by atoms with Gasteiger partial charge in [-0.3, -0.25) is 4.90 Å². The molecule has 3 nitrogen and oxygen atoms in total. The number of alkyl halides is 3. The first-order valence-electron chi connectivity index (χ1n) is 10.7. The smallest absolute Gasteiger partial charge is 0.434 e. The number of piperidine rings is 1. The minimum absolute atomic E-state index is 0.207. The average Bonchev–Trinajstić information content (AvgIpc) is 3.21. The molecule has 1 saturated carbocycles. The minimum atomic E-state index is -4.43. The largest absolute Gasteiger partial charge is 0.484 e. The molecule has 0 bridgehead atoms. The summed E-state index contributed by atoms with van der Waals surface area (Å²) >= 11 is 0.987. The number of hydrogen-bond donors (Lipinski definition) is 0. The van der Waals surface area contributed by atoms with Crippen LogP contribution >= 0.6 is 11.3 Å². The molecule has 0 radical (unpaired) electrons. The molecular formula is C22H25F5N2OS. The SMILES string of the molecule is Fc1cc(C2CCCCC2)cc(F)c1OC1CCN(Cc2nc(C(F)(F)F)cs2)CC1. The summed E-state index contributed by atoms with van der Waals surface area (Å²) in [5.74, 6) is -1.44. The van der Waals surface area contributed by atoms with Crippen molar-refractivity contribution in [1.29, 1.82) is 0 Å². The predicted molar refractivity (Wildman–Crippen MR) is 108 cm³/mol. The fraction of sp³-hybridized carbons (Fsp3) is 0.591. The van der Waals surface area contributed by atoms with Gasteiger partial charge in [-0.25, -0.2) is 13.8 Å². The molecule has 0 spiro atoms. The summed E-state index contributed by atoms with van der Waals surface area (Å²) in [6.07, 6.45) is 1.59. The molecule has 2 aliphatic rings. The monoisotopic (exact) mass is 460 g/mol. The van der Waals surface area contributed by atoms with Crippen molar-refractivity contribution in [1.82, 2.24) is 9.88 Å². The minimum Gasteiger partial charge on any atom is -0.484 e. The van der Waals surface area contributed by atoms with E-state index in [1.807, 2.05) is 4.90 Å². The summed E-state index contributed by atoms with van der Waals surface area (Å²) in [7, 11) is 0. The van der Waals surface area contributed by atoms with Crippen LogP contribution in [0.1, 0.15) is 67.1 Å². The predicted octanol–water partition coefficient (Wildman–Crippen LogP) is 6.53. The van der Waals surface area contributed by atoms with Gasteiger partial charge in [0.1, 0.15) is 11.1 Å². The van der Waals surface area contributed by atoms with E-state index in [1.54, 1.807) is 0 Å².